The van der Waals surface area contributed by atoms with Crippen LogP contribution in [0.25, 0.3) is 32.7 Å². The lowest BCUT2D eigenvalue weighted by Crippen LogP contribution is -2.01. The summed E-state index contributed by atoms with van der Waals surface area (Å²) < 4.78 is 35.0. The normalized spacial score (nSPS) is 11.4. The molecule has 0 saturated heterocycles. The number of rotatable bonds is 9. The molecule has 0 saturated carbocycles. The highest BCUT2D eigenvalue weighted by molar-refractivity contribution is 7.11. The second-order valence-corrected chi connectivity index (χ2v) is 11.7. The molecule has 0 spiro atoms. The van der Waals surface area contributed by atoms with E-state index in [1.54, 1.807) is 0 Å². The van der Waals surface area contributed by atoms with E-state index in [0.717, 1.165) is 54.9 Å². The second-order valence-electron chi connectivity index (χ2n) is 10.2. The van der Waals surface area contributed by atoms with E-state index in [-0.39, 0.29) is 11.8 Å². The van der Waals surface area contributed by atoms with Crippen LogP contribution >= 0.6 is 56.8 Å². The van der Waals surface area contributed by atoms with Gasteiger partial charge in [-0.1, -0.05) is 39.8 Å². The van der Waals surface area contributed by atoms with Crippen molar-refractivity contribution < 1.29 is 27.1 Å². The SMILES string of the molecule is Cc1cc2c(C(C)C)c(OP)c(OP)cc2c(OP)c1-c1c(C)cc2c(C(C)C)c(OP)c(OP)cc2c1OP. The molecule has 0 aliphatic heterocycles. The molecule has 6 atom stereocenters. The summed E-state index contributed by atoms with van der Waals surface area (Å²) in [6, 6.07) is 8.27. The third-order valence-corrected chi connectivity index (χ3v) is 8.68. The molecule has 0 fully saturated rings. The highest BCUT2D eigenvalue weighted by Crippen LogP contribution is 2.54. The smallest absolute Gasteiger partial charge is 0.168 e. The molecule has 12 heteroatoms. The van der Waals surface area contributed by atoms with Gasteiger partial charge in [0.15, 0.2) is 23.0 Å². The molecule has 0 bridgehead atoms. The molecule has 6 unspecified atom stereocenters. The van der Waals surface area contributed by atoms with Gasteiger partial charge < -0.3 is 27.1 Å². The standard InChI is InChI=1S/C28H36O6P6/c1-11(2)21-15-7-13(5)23(25(31-37)17(15)9-19(29-35)27(21)33-39)24-14(6)8-16-18(26(24)32-38)10-20(30-36)28(34-40)22(16)12(3)4/h7-12H,35-40H2,1-6H3. The minimum absolute atomic E-state index is 0.169. The summed E-state index contributed by atoms with van der Waals surface area (Å²) in [5, 5.41) is 3.87. The van der Waals surface area contributed by atoms with Crippen molar-refractivity contribution in [3.8, 4) is 45.6 Å². The van der Waals surface area contributed by atoms with Crippen LogP contribution in [-0.4, -0.2) is 0 Å². The molecule has 40 heavy (non-hydrogen) atoms. The van der Waals surface area contributed by atoms with Crippen LogP contribution in [0.3, 0.4) is 0 Å². The molecular formula is C28H36O6P6. The molecule has 0 N–H and O–H groups in total. The van der Waals surface area contributed by atoms with Gasteiger partial charge in [-0.3, -0.25) is 0 Å². The van der Waals surface area contributed by atoms with Crippen LogP contribution in [0.2, 0.25) is 0 Å². The predicted molar refractivity (Wildman–Crippen MR) is 187 cm³/mol. The van der Waals surface area contributed by atoms with E-state index in [1.165, 1.54) is 0 Å². The predicted octanol–water partition coefficient (Wildman–Crippen LogP) is 9.54. The molecule has 4 aromatic carbocycles. The summed E-state index contributed by atoms with van der Waals surface area (Å²) in [5.74, 6) is 4.29. The lowest BCUT2D eigenvalue weighted by Gasteiger charge is -2.25. The van der Waals surface area contributed by atoms with Gasteiger partial charge in [0.25, 0.3) is 0 Å². The van der Waals surface area contributed by atoms with Gasteiger partial charge in [0.1, 0.15) is 11.5 Å². The molecular weight excluding hydrogens is 618 g/mol. The maximum atomic E-state index is 6.11. The summed E-state index contributed by atoms with van der Waals surface area (Å²) in [4.78, 5) is 0. The second kappa shape index (κ2) is 13.0. The van der Waals surface area contributed by atoms with Crippen molar-refractivity contribution in [2.45, 2.75) is 53.4 Å². The lowest BCUT2D eigenvalue weighted by atomic mass is 9.85. The van der Waals surface area contributed by atoms with Gasteiger partial charge in [0, 0.05) is 33.0 Å². The first kappa shape index (κ1) is 31.7. The van der Waals surface area contributed by atoms with E-state index in [1.807, 2.05) is 12.1 Å². The maximum absolute atomic E-state index is 6.11. The average molecular weight is 654 g/mol. The Hall–Kier alpha value is -1.22. The van der Waals surface area contributed by atoms with Crippen molar-refractivity contribution in [2.24, 2.45) is 0 Å². The molecule has 4 rings (SSSR count). The van der Waals surface area contributed by atoms with Gasteiger partial charge in [-0.15, -0.1) is 0 Å². The first-order chi connectivity index (χ1) is 19.1. The first-order valence-electron chi connectivity index (χ1n) is 12.6. The van der Waals surface area contributed by atoms with Crippen LogP contribution in [0.1, 0.15) is 61.8 Å². The van der Waals surface area contributed by atoms with Gasteiger partial charge >= 0.3 is 0 Å². The fourth-order valence-corrected chi connectivity index (χ4v) is 7.00. The average Bonchev–Trinajstić information content (AvgIpc) is 2.93. The summed E-state index contributed by atoms with van der Waals surface area (Å²) in [6.45, 7) is 12.7. The van der Waals surface area contributed by atoms with Crippen LogP contribution in [-0.2, 0) is 0 Å². The van der Waals surface area contributed by atoms with Gasteiger partial charge in [-0.2, -0.15) is 0 Å². The van der Waals surface area contributed by atoms with Crippen LogP contribution in [0, 0.1) is 13.8 Å². The zero-order valence-electron chi connectivity index (χ0n) is 23.4. The summed E-state index contributed by atoms with van der Waals surface area (Å²) >= 11 is 0. The van der Waals surface area contributed by atoms with E-state index in [9.17, 15) is 0 Å². The van der Waals surface area contributed by atoms with Crippen molar-refractivity contribution in [2.75, 3.05) is 0 Å². The largest absolute Gasteiger partial charge is 0.479 e. The third kappa shape index (κ3) is 5.24. The summed E-state index contributed by atoms with van der Waals surface area (Å²) in [5.41, 5.74) is 5.99. The van der Waals surface area contributed by atoms with Gasteiger partial charge in [0.05, 0.1) is 56.8 Å². The van der Waals surface area contributed by atoms with E-state index < -0.39 is 0 Å². The summed E-state index contributed by atoms with van der Waals surface area (Å²) in [7, 11) is 14.2. The number of fused-ring (bicyclic) bond motifs is 2. The van der Waals surface area contributed by atoms with Gasteiger partial charge in [-0.25, -0.2) is 0 Å². The van der Waals surface area contributed by atoms with Crippen LogP contribution in [0.5, 0.6) is 34.5 Å². The van der Waals surface area contributed by atoms with Crippen molar-refractivity contribution in [3.05, 3.63) is 46.5 Å². The molecule has 0 aromatic heterocycles. The fourth-order valence-electron chi connectivity index (χ4n) is 5.67. The number of hydrogen-bond acceptors (Lipinski definition) is 6. The Morgan fingerprint density at radius 2 is 0.775 bits per heavy atom. The molecule has 0 aliphatic rings. The Labute approximate surface area is 250 Å². The number of hydrogen-bond donors (Lipinski definition) is 0. The van der Waals surface area contributed by atoms with E-state index in [2.05, 4.69) is 110 Å². The monoisotopic (exact) mass is 654 g/mol. The topological polar surface area (TPSA) is 55.4 Å². The Kier molecular flexibility index (Phi) is 10.3. The van der Waals surface area contributed by atoms with Crippen LogP contribution in [0.4, 0.5) is 0 Å². The number of aryl methyl sites for hydroxylation is 2. The Morgan fingerprint density at radius 1 is 0.450 bits per heavy atom. The Morgan fingerprint density at radius 3 is 1.02 bits per heavy atom. The van der Waals surface area contributed by atoms with Crippen molar-refractivity contribution in [1.82, 2.24) is 0 Å². The molecule has 0 radical (unpaired) electrons. The molecule has 4 aromatic rings. The van der Waals surface area contributed by atoms with E-state index in [0.29, 0.717) is 34.5 Å². The Bertz CT molecular complexity index is 1490. The van der Waals surface area contributed by atoms with Crippen molar-refractivity contribution >= 4 is 78.3 Å². The maximum Gasteiger partial charge on any atom is 0.168 e. The quantitative estimate of drug-likeness (QED) is 0.168. The zero-order chi connectivity index (χ0) is 29.5. The lowest BCUT2D eigenvalue weighted by molar-refractivity contribution is 0.559. The van der Waals surface area contributed by atoms with Crippen LogP contribution < -0.4 is 27.1 Å². The molecule has 6 nitrogen and oxygen atoms in total. The van der Waals surface area contributed by atoms with Crippen molar-refractivity contribution in [1.29, 1.82) is 0 Å². The zero-order valence-corrected chi connectivity index (χ0v) is 30.3. The minimum Gasteiger partial charge on any atom is -0.479 e. The number of benzene rings is 4. The minimum atomic E-state index is 0.169. The molecule has 0 aliphatic carbocycles. The van der Waals surface area contributed by atoms with E-state index >= 15 is 0 Å². The van der Waals surface area contributed by atoms with E-state index in [4.69, 9.17) is 27.1 Å². The van der Waals surface area contributed by atoms with Gasteiger partial charge in [-0.05, 0) is 59.7 Å². The first-order valence-corrected chi connectivity index (χ1v) is 15.4. The van der Waals surface area contributed by atoms with Gasteiger partial charge in [0.2, 0.25) is 0 Å². The highest BCUT2D eigenvalue weighted by atomic mass is 31.0. The highest BCUT2D eigenvalue weighted by Gasteiger charge is 2.28. The molecule has 0 heterocycles. The third-order valence-electron chi connectivity index (χ3n) is 7.23. The Balaban J connectivity index is 2.22. The fraction of sp³-hybridized carbons (Fsp3) is 0.286. The summed E-state index contributed by atoms with van der Waals surface area (Å²) in [6.07, 6.45) is 0. The molecule has 0 amide bonds. The van der Waals surface area contributed by atoms with Crippen molar-refractivity contribution in [3.63, 3.8) is 0 Å². The molecule has 214 valence electrons. The van der Waals surface area contributed by atoms with Crippen LogP contribution in [0.15, 0.2) is 24.3 Å².